The molecule has 3 rings (SSSR count). The number of hydrogen-bond acceptors (Lipinski definition) is 5. The Morgan fingerprint density at radius 3 is 2.48 bits per heavy atom. The third-order valence-corrected chi connectivity index (χ3v) is 5.68. The second kappa shape index (κ2) is 8.63. The molecule has 1 aliphatic rings. The Balaban J connectivity index is 1.60. The van der Waals surface area contributed by atoms with Crippen molar-refractivity contribution >= 4 is 23.2 Å². The van der Waals surface area contributed by atoms with E-state index in [4.69, 9.17) is 0 Å². The van der Waals surface area contributed by atoms with E-state index in [2.05, 4.69) is 4.98 Å². The molecule has 0 bridgehead atoms. The lowest BCUT2D eigenvalue weighted by Gasteiger charge is -2.35. The van der Waals surface area contributed by atoms with Gasteiger partial charge in [0.05, 0.1) is 0 Å². The molecule has 1 aliphatic heterocycles. The van der Waals surface area contributed by atoms with Gasteiger partial charge in [0.2, 0.25) is 5.91 Å². The molecule has 0 spiro atoms. The molecule has 1 aromatic heterocycles. The maximum Gasteiger partial charge on any atom is 0.253 e. The van der Waals surface area contributed by atoms with Crippen molar-refractivity contribution in [2.24, 2.45) is 0 Å². The summed E-state index contributed by atoms with van der Waals surface area (Å²) >= 11 is 1.59. The molecule has 7 heteroatoms. The number of carbonyl (C=O) groups excluding carboxylic acids is 2. The molecule has 0 aliphatic carbocycles. The molecule has 27 heavy (non-hydrogen) atoms. The zero-order chi connectivity index (χ0) is 19.4. The molecule has 1 saturated heterocycles. The van der Waals surface area contributed by atoms with Crippen molar-refractivity contribution in [2.45, 2.75) is 13.3 Å². The molecule has 1 fully saturated rings. The van der Waals surface area contributed by atoms with E-state index < -0.39 is 0 Å². The van der Waals surface area contributed by atoms with E-state index in [0.717, 1.165) is 22.8 Å². The summed E-state index contributed by atoms with van der Waals surface area (Å²) in [6, 6.07) is 7.65. The number of thiazole rings is 1. The van der Waals surface area contributed by atoms with Gasteiger partial charge in [0.1, 0.15) is 5.01 Å². The van der Waals surface area contributed by atoms with Crippen LogP contribution in [0, 0.1) is 6.92 Å². The van der Waals surface area contributed by atoms with Gasteiger partial charge in [-0.05, 0) is 33.2 Å². The van der Waals surface area contributed by atoms with Crippen LogP contribution in [0.3, 0.4) is 0 Å². The SMILES string of the molecule is Cc1csc(-c2cccc(C(=O)N3CCN(C(=O)CCN(C)C)CC3)c2)n1. The maximum absolute atomic E-state index is 12.9. The van der Waals surface area contributed by atoms with Gasteiger partial charge in [0.25, 0.3) is 5.91 Å². The number of rotatable bonds is 5. The summed E-state index contributed by atoms with van der Waals surface area (Å²) < 4.78 is 0. The summed E-state index contributed by atoms with van der Waals surface area (Å²) in [5, 5.41) is 2.94. The molecule has 0 radical (unpaired) electrons. The van der Waals surface area contributed by atoms with E-state index in [-0.39, 0.29) is 11.8 Å². The Morgan fingerprint density at radius 2 is 1.85 bits per heavy atom. The number of aryl methyl sites for hydroxylation is 1. The first-order valence-corrected chi connectivity index (χ1v) is 10.1. The zero-order valence-corrected chi connectivity index (χ0v) is 17.0. The minimum atomic E-state index is 0.0190. The Kier molecular flexibility index (Phi) is 6.23. The minimum Gasteiger partial charge on any atom is -0.339 e. The van der Waals surface area contributed by atoms with Crippen LogP contribution in [0.5, 0.6) is 0 Å². The molecular formula is C20H26N4O2S. The van der Waals surface area contributed by atoms with Crippen molar-refractivity contribution in [3.05, 3.63) is 40.9 Å². The van der Waals surface area contributed by atoms with Gasteiger partial charge in [-0.2, -0.15) is 0 Å². The van der Waals surface area contributed by atoms with E-state index in [1.165, 1.54) is 0 Å². The topological polar surface area (TPSA) is 56.8 Å². The summed E-state index contributed by atoms with van der Waals surface area (Å²) in [7, 11) is 3.93. The van der Waals surface area contributed by atoms with E-state index in [1.54, 1.807) is 11.3 Å². The summed E-state index contributed by atoms with van der Waals surface area (Å²) in [5.74, 6) is 0.183. The highest BCUT2D eigenvalue weighted by molar-refractivity contribution is 7.13. The summed E-state index contributed by atoms with van der Waals surface area (Å²) in [6.45, 7) is 5.07. The number of amides is 2. The summed E-state index contributed by atoms with van der Waals surface area (Å²) in [4.78, 5) is 35.3. The van der Waals surface area contributed by atoms with Crippen molar-refractivity contribution in [1.29, 1.82) is 0 Å². The predicted octanol–water partition coefficient (Wildman–Crippen LogP) is 2.35. The third kappa shape index (κ3) is 4.93. The second-order valence-electron chi connectivity index (χ2n) is 7.10. The van der Waals surface area contributed by atoms with Crippen molar-refractivity contribution < 1.29 is 9.59 Å². The highest BCUT2D eigenvalue weighted by Crippen LogP contribution is 2.25. The molecule has 0 atom stereocenters. The highest BCUT2D eigenvalue weighted by Gasteiger charge is 2.25. The number of hydrogen-bond donors (Lipinski definition) is 0. The van der Waals surface area contributed by atoms with Crippen molar-refractivity contribution in [3.63, 3.8) is 0 Å². The van der Waals surface area contributed by atoms with Crippen LogP contribution in [0.2, 0.25) is 0 Å². The predicted molar refractivity (Wildman–Crippen MR) is 108 cm³/mol. The van der Waals surface area contributed by atoms with Crippen LogP contribution < -0.4 is 0 Å². The van der Waals surface area contributed by atoms with Crippen LogP contribution in [0.4, 0.5) is 0 Å². The Bertz CT molecular complexity index is 810. The first-order valence-electron chi connectivity index (χ1n) is 9.18. The van der Waals surface area contributed by atoms with Crippen LogP contribution in [-0.2, 0) is 4.79 Å². The first kappa shape index (κ1) is 19.5. The number of piperazine rings is 1. The van der Waals surface area contributed by atoms with Gasteiger partial charge in [-0.3, -0.25) is 9.59 Å². The molecule has 0 N–H and O–H groups in total. The molecule has 144 valence electrons. The van der Waals surface area contributed by atoms with Gasteiger partial charge in [-0.1, -0.05) is 12.1 Å². The number of benzene rings is 1. The molecule has 0 saturated carbocycles. The lowest BCUT2D eigenvalue weighted by atomic mass is 10.1. The van der Waals surface area contributed by atoms with E-state index >= 15 is 0 Å². The summed E-state index contributed by atoms with van der Waals surface area (Å²) in [5.41, 5.74) is 2.63. The zero-order valence-electron chi connectivity index (χ0n) is 16.1. The van der Waals surface area contributed by atoms with Gasteiger partial charge >= 0.3 is 0 Å². The Hall–Kier alpha value is -2.25. The van der Waals surface area contributed by atoms with Gasteiger partial charge in [0, 0.05) is 61.3 Å². The van der Waals surface area contributed by atoms with Gasteiger partial charge in [-0.15, -0.1) is 11.3 Å². The minimum absolute atomic E-state index is 0.0190. The van der Waals surface area contributed by atoms with Crippen LogP contribution in [-0.4, -0.2) is 78.3 Å². The monoisotopic (exact) mass is 386 g/mol. The first-order chi connectivity index (χ1) is 12.9. The highest BCUT2D eigenvalue weighted by atomic mass is 32.1. The van der Waals surface area contributed by atoms with Gasteiger partial charge in [-0.25, -0.2) is 4.98 Å². The number of aromatic nitrogens is 1. The quantitative estimate of drug-likeness (QED) is 0.792. The van der Waals surface area contributed by atoms with Crippen molar-refractivity contribution in [3.8, 4) is 10.6 Å². The van der Waals surface area contributed by atoms with Gasteiger partial charge < -0.3 is 14.7 Å². The second-order valence-corrected chi connectivity index (χ2v) is 7.96. The van der Waals surface area contributed by atoms with Crippen LogP contribution in [0.1, 0.15) is 22.5 Å². The molecule has 2 aromatic rings. The third-order valence-electron chi connectivity index (χ3n) is 4.67. The lowest BCUT2D eigenvalue weighted by molar-refractivity contribution is -0.132. The average Bonchev–Trinajstić information content (AvgIpc) is 3.12. The van der Waals surface area contributed by atoms with E-state index in [0.29, 0.717) is 38.2 Å². The fourth-order valence-electron chi connectivity index (χ4n) is 3.09. The molecule has 1 aromatic carbocycles. The van der Waals surface area contributed by atoms with Crippen LogP contribution in [0.15, 0.2) is 29.6 Å². The maximum atomic E-state index is 12.9. The number of nitrogens with zero attached hydrogens (tertiary/aromatic N) is 4. The Morgan fingerprint density at radius 1 is 1.15 bits per heavy atom. The number of carbonyl (C=O) groups is 2. The smallest absolute Gasteiger partial charge is 0.253 e. The average molecular weight is 387 g/mol. The largest absolute Gasteiger partial charge is 0.339 e. The van der Waals surface area contributed by atoms with E-state index in [1.807, 2.05) is 65.4 Å². The molecule has 0 unspecified atom stereocenters. The standard InChI is InChI=1S/C20H26N4O2S/c1-15-14-27-19(21-15)16-5-4-6-17(13-16)20(26)24-11-9-23(10-12-24)18(25)7-8-22(2)3/h4-6,13-14H,7-12H2,1-3H3. The van der Waals surface area contributed by atoms with Crippen molar-refractivity contribution in [2.75, 3.05) is 46.8 Å². The van der Waals surface area contributed by atoms with Crippen LogP contribution in [0.25, 0.3) is 10.6 Å². The van der Waals surface area contributed by atoms with Gasteiger partial charge in [0.15, 0.2) is 0 Å². The normalized spacial score (nSPS) is 14.7. The molecule has 6 nitrogen and oxygen atoms in total. The van der Waals surface area contributed by atoms with Crippen molar-refractivity contribution in [1.82, 2.24) is 19.7 Å². The van der Waals surface area contributed by atoms with E-state index in [9.17, 15) is 9.59 Å². The Labute approximate surface area is 164 Å². The molecule has 2 amide bonds. The fourth-order valence-corrected chi connectivity index (χ4v) is 3.89. The molecular weight excluding hydrogens is 360 g/mol. The summed E-state index contributed by atoms with van der Waals surface area (Å²) in [6.07, 6.45) is 0.524. The lowest BCUT2D eigenvalue weighted by Crippen LogP contribution is -2.50. The fraction of sp³-hybridized carbons (Fsp3) is 0.450. The van der Waals surface area contributed by atoms with Crippen LogP contribution >= 0.6 is 11.3 Å². The molecule has 2 heterocycles.